The van der Waals surface area contributed by atoms with Gasteiger partial charge in [-0.15, -0.1) is 0 Å². The van der Waals surface area contributed by atoms with Gasteiger partial charge in [-0.05, 0) is 42.7 Å². The molecule has 0 bridgehead atoms. The SMILES string of the molecule is CC(C)c1ccc(NC(=O)[C@@H](C)OC(=O)CCNS(=O)(=O)c2ccccc2)cc1. The van der Waals surface area contributed by atoms with E-state index >= 15 is 0 Å². The van der Waals surface area contributed by atoms with E-state index in [4.69, 9.17) is 4.74 Å². The van der Waals surface area contributed by atoms with Crippen LogP contribution in [0, 0.1) is 0 Å². The molecule has 2 N–H and O–H groups in total. The number of rotatable bonds is 9. The van der Waals surface area contributed by atoms with Gasteiger partial charge < -0.3 is 10.1 Å². The van der Waals surface area contributed by atoms with Crippen molar-refractivity contribution in [2.45, 2.75) is 44.1 Å². The smallest absolute Gasteiger partial charge is 0.307 e. The van der Waals surface area contributed by atoms with Crippen molar-refractivity contribution in [2.24, 2.45) is 0 Å². The van der Waals surface area contributed by atoms with E-state index in [1.165, 1.54) is 19.1 Å². The van der Waals surface area contributed by atoms with Gasteiger partial charge in [-0.25, -0.2) is 13.1 Å². The van der Waals surface area contributed by atoms with Gasteiger partial charge in [0, 0.05) is 12.2 Å². The van der Waals surface area contributed by atoms with Gasteiger partial charge in [0.1, 0.15) is 0 Å². The zero-order chi connectivity index (χ0) is 21.4. The second-order valence-electron chi connectivity index (χ2n) is 6.86. The van der Waals surface area contributed by atoms with Crippen LogP contribution in [0.1, 0.15) is 38.7 Å². The molecule has 0 spiro atoms. The number of benzene rings is 2. The lowest BCUT2D eigenvalue weighted by Gasteiger charge is -2.14. The lowest BCUT2D eigenvalue weighted by atomic mass is 10.0. The average molecular weight is 419 g/mol. The molecular formula is C21H26N2O5S. The fourth-order valence-electron chi connectivity index (χ4n) is 2.48. The van der Waals surface area contributed by atoms with Crippen molar-refractivity contribution in [2.75, 3.05) is 11.9 Å². The second kappa shape index (κ2) is 10.2. The van der Waals surface area contributed by atoms with Crippen molar-refractivity contribution in [3.8, 4) is 0 Å². The molecule has 0 saturated heterocycles. The summed E-state index contributed by atoms with van der Waals surface area (Å²) in [7, 11) is -3.69. The second-order valence-corrected chi connectivity index (χ2v) is 8.63. The predicted octanol–water partition coefficient (Wildman–Crippen LogP) is 3.05. The van der Waals surface area contributed by atoms with E-state index in [1.807, 2.05) is 12.1 Å². The van der Waals surface area contributed by atoms with Crippen molar-refractivity contribution in [3.63, 3.8) is 0 Å². The molecule has 2 rings (SSSR count). The molecule has 2 aromatic rings. The first kappa shape index (κ1) is 22.6. The average Bonchev–Trinajstić information content (AvgIpc) is 2.68. The molecule has 1 atom stereocenters. The highest BCUT2D eigenvalue weighted by Gasteiger charge is 2.19. The van der Waals surface area contributed by atoms with E-state index in [0.29, 0.717) is 11.6 Å². The largest absolute Gasteiger partial charge is 0.452 e. The molecule has 8 heteroatoms. The van der Waals surface area contributed by atoms with Crippen molar-refractivity contribution in [3.05, 3.63) is 60.2 Å². The van der Waals surface area contributed by atoms with E-state index in [9.17, 15) is 18.0 Å². The van der Waals surface area contributed by atoms with Gasteiger partial charge in [0.05, 0.1) is 11.3 Å². The molecule has 0 radical (unpaired) electrons. The van der Waals surface area contributed by atoms with Crippen LogP contribution in [0.25, 0.3) is 0 Å². The highest BCUT2D eigenvalue weighted by molar-refractivity contribution is 7.89. The van der Waals surface area contributed by atoms with E-state index in [1.54, 1.807) is 30.3 Å². The van der Waals surface area contributed by atoms with Crippen molar-refractivity contribution in [1.82, 2.24) is 4.72 Å². The van der Waals surface area contributed by atoms with Crippen LogP contribution in [0.2, 0.25) is 0 Å². The van der Waals surface area contributed by atoms with Crippen LogP contribution >= 0.6 is 0 Å². The third kappa shape index (κ3) is 6.99. The third-order valence-corrected chi connectivity index (χ3v) is 5.67. The number of ether oxygens (including phenoxy) is 1. The number of anilines is 1. The zero-order valence-electron chi connectivity index (χ0n) is 16.7. The molecular weight excluding hydrogens is 392 g/mol. The summed E-state index contributed by atoms with van der Waals surface area (Å²) in [5.74, 6) is -0.738. The summed E-state index contributed by atoms with van der Waals surface area (Å²) in [6.07, 6.45) is -1.19. The standard InChI is InChI=1S/C21H26N2O5S/c1-15(2)17-9-11-18(12-10-17)23-21(25)16(3)28-20(24)13-14-22-29(26,27)19-7-5-4-6-8-19/h4-12,15-16,22H,13-14H2,1-3H3,(H,23,25)/t16-/m1/s1. The molecule has 0 aromatic heterocycles. The molecule has 156 valence electrons. The lowest BCUT2D eigenvalue weighted by Crippen LogP contribution is -2.32. The number of carbonyl (C=O) groups excluding carboxylic acids is 2. The molecule has 29 heavy (non-hydrogen) atoms. The van der Waals surface area contributed by atoms with Crippen LogP contribution in [0.15, 0.2) is 59.5 Å². The monoisotopic (exact) mass is 418 g/mol. The van der Waals surface area contributed by atoms with Gasteiger partial charge in [0.15, 0.2) is 6.10 Å². The van der Waals surface area contributed by atoms with Gasteiger partial charge in [-0.1, -0.05) is 44.2 Å². The Bertz CT molecular complexity index is 925. The normalized spacial score (nSPS) is 12.4. The highest BCUT2D eigenvalue weighted by atomic mass is 32.2. The molecule has 0 aliphatic heterocycles. The minimum absolute atomic E-state index is 0.115. The summed E-state index contributed by atoms with van der Waals surface area (Å²) in [6.45, 7) is 5.50. The van der Waals surface area contributed by atoms with Crippen LogP contribution in [-0.4, -0.2) is 32.9 Å². The van der Waals surface area contributed by atoms with Crippen LogP contribution in [0.4, 0.5) is 5.69 Å². The summed E-state index contributed by atoms with van der Waals surface area (Å²) in [5.41, 5.74) is 1.76. The van der Waals surface area contributed by atoms with Gasteiger partial charge in [0.25, 0.3) is 5.91 Å². The number of esters is 1. The summed E-state index contributed by atoms with van der Waals surface area (Å²) in [5, 5.41) is 2.69. The molecule has 0 heterocycles. The molecule has 0 unspecified atom stereocenters. The Morgan fingerprint density at radius 2 is 1.59 bits per heavy atom. The molecule has 0 fully saturated rings. The summed E-state index contributed by atoms with van der Waals surface area (Å²) in [6, 6.07) is 15.3. The summed E-state index contributed by atoms with van der Waals surface area (Å²) in [4.78, 5) is 24.2. The third-order valence-electron chi connectivity index (χ3n) is 4.20. The quantitative estimate of drug-likeness (QED) is 0.610. The number of carbonyl (C=O) groups is 2. The maximum Gasteiger partial charge on any atom is 0.307 e. The Labute approximate surface area is 171 Å². The fourth-order valence-corrected chi connectivity index (χ4v) is 3.53. The first-order valence-corrected chi connectivity index (χ1v) is 10.8. The van der Waals surface area contributed by atoms with Crippen molar-refractivity contribution < 1.29 is 22.7 Å². The van der Waals surface area contributed by atoms with Crippen molar-refractivity contribution in [1.29, 1.82) is 0 Å². The molecule has 7 nitrogen and oxygen atoms in total. The zero-order valence-corrected chi connectivity index (χ0v) is 17.5. The minimum Gasteiger partial charge on any atom is -0.452 e. The van der Waals surface area contributed by atoms with Gasteiger partial charge in [0.2, 0.25) is 10.0 Å². The van der Waals surface area contributed by atoms with Crippen LogP contribution < -0.4 is 10.0 Å². The maximum atomic E-state index is 12.2. The van der Waals surface area contributed by atoms with E-state index in [2.05, 4.69) is 23.9 Å². The Kier molecular flexibility index (Phi) is 7.92. The number of hydrogen-bond donors (Lipinski definition) is 2. The topological polar surface area (TPSA) is 102 Å². The Morgan fingerprint density at radius 1 is 0.966 bits per heavy atom. The number of nitrogens with one attached hydrogen (secondary N) is 2. The first-order chi connectivity index (χ1) is 13.7. The Balaban J connectivity index is 1.78. The number of sulfonamides is 1. The van der Waals surface area contributed by atoms with E-state index in [0.717, 1.165) is 5.56 Å². The number of amides is 1. The summed E-state index contributed by atoms with van der Waals surface area (Å²) >= 11 is 0. The maximum absolute atomic E-state index is 12.2. The predicted molar refractivity (Wildman–Crippen MR) is 111 cm³/mol. The first-order valence-electron chi connectivity index (χ1n) is 9.34. The van der Waals surface area contributed by atoms with Crippen LogP contribution in [0.3, 0.4) is 0 Å². The van der Waals surface area contributed by atoms with Crippen molar-refractivity contribution >= 4 is 27.6 Å². The van der Waals surface area contributed by atoms with Gasteiger partial charge >= 0.3 is 5.97 Å². The highest BCUT2D eigenvalue weighted by Crippen LogP contribution is 2.17. The molecule has 0 aliphatic rings. The van der Waals surface area contributed by atoms with Gasteiger partial charge in [-0.3, -0.25) is 9.59 Å². The Hall–Kier alpha value is -2.71. The van der Waals surface area contributed by atoms with Crippen LogP contribution in [0.5, 0.6) is 0 Å². The van der Waals surface area contributed by atoms with E-state index in [-0.39, 0.29) is 17.9 Å². The Morgan fingerprint density at radius 3 is 2.17 bits per heavy atom. The fraction of sp³-hybridized carbons (Fsp3) is 0.333. The van der Waals surface area contributed by atoms with Gasteiger partial charge in [-0.2, -0.15) is 0 Å². The molecule has 1 amide bonds. The minimum atomic E-state index is -3.69. The molecule has 2 aromatic carbocycles. The summed E-state index contributed by atoms with van der Waals surface area (Å²) < 4.78 is 31.6. The van der Waals surface area contributed by atoms with Crippen LogP contribution in [-0.2, 0) is 24.3 Å². The molecule has 0 aliphatic carbocycles. The lowest BCUT2D eigenvalue weighted by molar-refractivity contribution is -0.152. The number of hydrogen-bond acceptors (Lipinski definition) is 5. The van der Waals surface area contributed by atoms with E-state index < -0.39 is 28.0 Å². The molecule has 0 saturated carbocycles.